The van der Waals surface area contributed by atoms with Gasteiger partial charge in [0.05, 0.1) is 5.56 Å². The fourth-order valence-corrected chi connectivity index (χ4v) is 2.44. The topological polar surface area (TPSA) is 72.8 Å². The largest absolute Gasteiger partial charge is 0.458 e. The number of hydrogen-bond donors (Lipinski definition) is 1. The van der Waals surface area contributed by atoms with Gasteiger partial charge in [-0.15, -0.1) is 0 Å². The third-order valence-electron chi connectivity index (χ3n) is 3.52. The number of carbonyl (C=O) groups excluding carboxylic acids is 2. The third kappa shape index (κ3) is 6.87. The molecular weight excluding hydrogens is 474 g/mol. The van der Waals surface area contributed by atoms with Crippen molar-refractivity contribution in [1.29, 1.82) is 0 Å². The number of anilines is 1. The van der Waals surface area contributed by atoms with Crippen molar-refractivity contribution in [2.75, 3.05) is 5.01 Å². The maximum absolute atomic E-state index is 14.0. The van der Waals surface area contributed by atoms with Gasteiger partial charge in [-0.3, -0.25) is 0 Å². The smallest absolute Gasteiger partial charge is 0.443 e. The van der Waals surface area contributed by atoms with Crippen molar-refractivity contribution in [3.8, 4) is 0 Å². The lowest BCUT2D eigenvalue weighted by Gasteiger charge is -2.30. The lowest BCUT2D eigenvalue weighted by Crippen LogP contribution is -2.51. The molecule has 0 aliphatic carbocycles. The molecule has 2 amide bonds. The van der Waals surface area contributed by atoms with Crippen LogP contribution in [-0.4, -0.2) is 34.1 Å². The van der Waals surface area contributed by atoms with Gasteiger partial charge in [0.1, 0.15) is 16.8 Å². The molecule has 0 bridgehead atoms. The molecule has 1 aromatic heterocycles. The van der Waals surface area contributed by atoms with Crippen LogP contribution in [0.3, 0.4) is 0 Å². The molecule has 1 rings (SSSR count). The Bertz CT molecular complexity index is 893. The van der Waals surface area contributed by atoms with Gasteiger partial charge in [-0.05, 0) is 41.5 Å². The minimum atomic E-state index is -6.39. The van der Waals surface area contributed by atoms with E-state index in [2.05, 4.69) is 0 Å². The van der Waals surface area contributed by atoms with Crippen LogP contribution in [-0.2, 0) is 28.6 Å². The summed E-state index contributed by atoms with van der Waals surface area (Å²) < 4.78 is 118. The highest BCUT2D eigenvalue weighted by Gasteiger charge is 2.63. The fraction of sp³-hybridized carbons (Fsp3) is 0.667. The molecule has 33 heavy (non-hydrogen) atoms. The van der Waals surface area contributed by atoms with E-state index < -0.39 is 58.6 Å². The molecule has 0 aliphatic heterocycles. The van der Waals surface area contributed by atoms with Crippen molar-refractivity contribution in [3.63, 3.8) is 0 Å². The summed E-state index contributed by atoms with van der Waals surface area (Å²) in [5.41, 5.74) is -5.92. The predicted octanol–water partition coefficient (Wildman–Crippen LogP) is 5.88. The first-order chi connectivity index (χ1) is 14.4. The maximum atomic E-state index is 14.0. The SMILES string of the molecule is Cn1cc(C(F)(F)C(F)(F)F)c(C(F)(F)F)c1N(NC(=O)OC(C)(C)C)C(=O)OC(C)(C)C. The zero-order valence-corrected chi connectivity index (χ0v) is 18.6. The Kier molecular flexibility index (Phi) is 7.34. The van der Waals surface area contributed by atoms with E-state index in [1.54, 1.807) is 5.43 Å². The minimum absolute atomic E-state index is 0.139. The molecule has 0 radical (unpaired) electrons. The Labute approximate surface area is 183 Å². The molecule has 1 heterocycles. The summed E-state index contributed by atoms with van der Waals surface area (Å²) in [5, 5.41) is -0.238. The van der Waals surface area contributed by atoms with Crippen molar-refractivity contribution in [3.05, 3.63) is 17.3 Å². The number of aryl methyl sites for hydroxylation is 1. The number of hydrazine groups is 1. The van der Waals surface area contributed by atoms with Gasteiger partial charge in [-0.25, -0.2) is 15.0 Å². The molecule has 0 saturated carbocycles. The van der Waals surface area contributed by atoms with E-state index in [1.807, 2.05) is 0 Å². The summed E-state index contributed by atoms with van der Waals surface area (Å²) in [4.78, 5) is 24.7. The normalized spacial score (nSPS) is 13.5. The average Bonchev–Trinajstić information content (AvgIpc) is 2.86. The van der Waals surface area contributed by atoms with E-state index in [1.165, 1.54) is 41.5 Å². The number of carbonyl (C=O) groups is 2. The number of nitrogens with one attached hydrogen (secondary N) is 1. The number of aromatic nitrogens is 1. The third-order valence-corrected chi connectivity index (χ3v) is 3.52. The van der Waals surface area contributed by atoms with Gasteiger partial charge in [0.15, 0.2) is 5.82 Å². The first kappa shape index (κ1) is 28.3. The minimum Gasteiger partial charge on any atom is -0.443 e. The highest BCUT2D eigenvalue weighted by Crippen LogP contribution is 2.51. The second-order valence-electron chi connectivity index (χ2n) is 8.85. The molecule has 0 saturated heterocycles. The van der Waals surface area contributed by atoms with Crippen LogP contribution in [0.5, 0.6) is 0 Å². The van der Waals surface area contributed by atoms with Gasteiger partial charge in [0, 0.05) is 13.2 Å². The maximum Gasteiger partial charge on any atom is 0.458 e. The van der Waals surface area contributed by atoms with Crippen LogP contribution in [0.2, 0.25) is 0 Å². The first-order valence-electron chi connectivity index (χ1n) is 9.13. The summed E-state index contributed by atoms with van der Waals surface area (Å²) in [5.74, 6) is -7.50. The van der Waals surface area contributed by atoms with Crippen molar-refractivity contribution in [2.45, 2.75) is 71.0 Å². The van der Waals surface area contributed by atoms with Crippen LogP contribution < -0.4 is 10.4 Å². The summed E-state index contributed by atoms with van der Waals surface area (Å²) in [6.45, 7) is 8.02. The molecular formula is C18H23F8N3O4. The number of ether oxygens (including phenoxy) is 2. The summed E-state index contributed by atoms with van der Waals surface area (Å²) in [6.07, 6.45) is -15.6. The number of halogens is 8. The van der Waals surface area contributed by atoms with Crippen molar-refractivity contribution in [2.24, 2.45) is 7.05 Å². The van der Waals surface area contributed by atoms with Gasteiger partial charge in [-0.1, -0.05) is 0 Å². The van der Waals surface area contributed by atoms with Crippen LogP contribution in [0.1, 0.15) is 52.7 Å². The van der Waals surface area contributed by atoms with Gasteiger partial charge >= 0.3 is 30.5 Å². The molecule has 15 heteroatoms. The van der Waals surface area contributed by atoms with Crippen molar-refractivity contribution >= 4 is 18.0 Å². The zero-order valence-electron chi connectivity index (χ0n) is 18.6. The second kappa shape index (κ2) is 8.56. The van der Waals surface area contributed by atoms with E-state index >= 15 is 0 Å². The second-order valence-corrected chi connectivity index (χ2v) is 8.85. The lowest BCUT2D eigenvalue weighted by molar-refractivity contribution is -0.290. The Balaban J connectivity index is 3.83. The molecule has 1 aromatic rings. The quantitative estimate of drug-likeness (QED) is 0.409. The number of amides is 2. The molecule has 0 unspecified atom stereocenters. The zero-order chi connectivity index (χ0) is 26.4. The molecule has 0 aromatic carbocycles. The van der Waals surface area contributed by atoms with Crippen LogP contribution in [0, 0.1) is 0 Å². The first-order valence-corrected chi connectivity index (χ1v) is 9.13. The van der Waals surface area contributed by atoms with Crippen molar-refractivity contribution < 1.29 is 54.2 Å². The number of nitrogens with zero attached hydrogens (tertiary/aromatic N) is 2. The molecule has 0 fully saturated rings. The Morgan fingerprint density at radius 1 is 0.879 bits per heavy atom. The molecule has 190 valence electrons. The lowest BCUT2D eigenvalue weighted by atomic mass is 10.1. The predicted molar refractivity (Wildman–Crippen MR) is 98.4 cm³/mol. The van der Waals surface area contributed by atoms with Gasteiger partial charge in [0.2, 0.25) is 0 Å². The van der Waals surface area contributed by atoms with Crippen LogP contribution in [0.15, 0.2) is 6.20 Å². The van der Waals surface area contributed by atoms with E-state index in [4.69, 9.17) is 9.47 Å². The van der Waals surface area contributed by atoms with Crippen LogP contribution >= 0.6 is 0 Å². The van der Waals surface area contributed by atoms with E-state index in [0.717, 1.165) is 0 Å². The Hall–Kier alpha value is -2.74. The molecule has 0 spiro atoms. The van der Waals surface area contributed by atoms with Gasteiger partial charge in [0.25, 0.3) is 0 Å². The molecule has 7 nitrogen and oxygen atoms in total. The standard InChI is InChI=1S/C18H23F8N3O4/c1-14(2,3)32-12(30)27-29(13(31)33-15(4,5)6)11-10(17(21,22)23)9(8-28(11)7)16(19,20)18(24,25)26/h8H,1-7H3,(H,27,30). The molecule has 0 aliphatic rings. The summed E-state index contributed by atoms with van der Waals surface area (Å²) >= 11 is 0. The van der Waals surface area contributed by atoms with Gasteiger partial charge in [-0.2, -0.15) is 40.1 Å². The highest BCUT2D eigenvalue weighted by atomic mass is 19.4. The molecule has 1 N–H and O–H groups in total. The average molecular weight is 497 g/mol. The monoisotopic (exact) mass is 497 g/mol. The fourth-order valence-electron chi connectivity index (χ4n) is 2.44. The van der Waals surface area contributed by atoms with E-state index in [9.17, 15) is 44.7 Å². The highest BCUT2D eigenvalue weighted by molar-refractivity contribution is 5.91. The number of alkyl halides is 8. The van der Waals surface area contributed by atoms with Gasteiger partial charge < -0.3 is 14.0 Å². The number of hydrogen-bond acceptors (Lipinski definition) is 4. The van der Waals surface area contributed by atoms with E-state index in [0.29, 0.717) is 7.05 Å². The van der Waals surface area contributed by atoms with E-state index in [-0.39, 0.29) is 15.8 Å². The Morgan fingerprint density at radius 3 is 1.70 bits per heavy atom. The molecule has 0 atom stereocenters. The number of rotatable bonds is 2. The van der Waals surface area contributed by atoms with Crippen LogP contribution in [0.25, 0.3) is 0 Å². The van der Waals surface area contributed by atoms with Crippen LogP contribution in [0.4, 0.5) is 50.5 Å². The summed E-state index contributed by atoms with van der Waals surface area (Å²) in [6, 6.07) is 0. The Morgan fingerprint density at radius 2 is 1.33 bits per heavy atom. The summed E-state index contributed by atoms with van der Waals surface area (Å²) in [7, 11) is 0.675. The van der Waals surface area contributed by atoms with Crippen molar-refractivity contribution in [1.82, 2.24) is 9.99 Å².